The highest BCUT2D eigenvalue weighted by atomic mass is 19.1. The van der Waals surface area contributed by atoms with Crippen LogP contribution in [0.3, 0.4) is 0 Å². The van der Waals surface area contributed by atoms with Crippen LogP contribution in [0.1, 0.15) is 27.7 Å². The van der Waals surface area contributed by atoms with Crippen molar-refractivity contribution in [1.29, 1.82) is 0 Å². The van der Waals surface area contributed by atoms with Crippen LogP contribution in [-0.2, 0) is 0 Å². The standard InChI is InChI=1S/C24H16F4N4/c1-9-13-5-18-22(26)11(3)15(30-18)7-20-24(28)12(4)16(32-20)8-19-23(27)10(2)14(31-19)6-17(29-13)21(9)25/h5-8H,1-4H3. The lowest BCUT2D eigenvalue weighted by Crippen LogP contribution is -1.93. The summed E-state index contributed by atoms with van der Waals surface area (Å²) in [5, 5.41) is 0. The SMILES string of the molecule is CC1=C(F)C2=NC1=CC1=NC(=CC3=NC(=CC4=NC(=C2)C(C)=C4F)C(C)=C3F)C(C)=C1F. The van der Waals surface area contributed by atoms with E-state index < -0.39 is 23.3 Å². The number of hydrogen-bond acceptors (Lipinski definition) is 4. The molecule has 5 aliphatic rings. The van der Waals surface area contributed by atoms with Crippen LogP contribution in [0, 0.1) is 0 Å². The van der Waals surface area contributed by atoms with Gasteiger partial charge >= 0.3 is 0 Å². The van der Waals surface area contributed by atoms with Crippen LogP contribution in [0.2, 0.25) is 0 Å². The van der Waals surface area contributed by atoms with Crippen molar-refractivity contribution in [3.05, 3.63) is 92.7 Å². The molecule has 5 rings (SSSR count). The molecular weight excluding hydrogens is 420 g/mol. The first kappa shape index (κ1) is 20.2. The minimum atomic E-state index is -0.607. The Morgan fingerprint density at radius 3 is 0.781 bits per heavy atom. The van der Waals surface area contributed by atoms with Crippen molar-refractivity contribution in [1.82, 2.24) is 0 Å². The third-order valence-corrected chi connectivity index (χ3v) is 5.81. The molecule has 0 fully saturated rings. The summed E-state index contributed by atoms with van der Waals surface area (Å²) in [6.07, 6.45) is 5.32. The van der Waals surface area contributed by atoms with Gasteiger partial charge in [0.1, 0.15) is 22.8 Å². The third kappa shape index (κ3) is 2.90. The number of halogens is 4. The molecule has 0 spiro atoms. The number of nitrogens with zero attached hydrogens (tertiary/aromatic N) is 4. The summed E-state index contributed by atoms with van der Waals surface area (Å²) in [6, 6.07) is 0. The number of allylic oxidation sites excluding steroid dienone is 12. The van der Waals surface area contributed by atoms with Crippen LogP contribution in [0.25, 0.3) is 0 Å². The van der Waals surface area contributed by atoms with Gasteiger partial charge in [0.15, 0.2) is 23.3 Å². The zero-order valence-corrected chi connectivity index (χ0v) is 17.6. The molecule has 0 aliphatic carbocycles. The minimum Gasteiger partial charge on any atom is -0.245 e. The van der Waals surface area contributed by atoms with Crippen molar-refractivity contribution < 1.29 is 17.6 Å². The van der Waals surface area contributed by atoms with E-state index in [-0.39, 0.29) is 67.9 Å². The highest BCUT2D eigenvalue weighted by molar-refractivity contribution is 6.18. The quantitative estimate of drug-likeness (QED) is 0.399. The van der Waals surface area contributed by atoms with Crippen LogP contribution >= 0.6 is 0 Å². The second kappa shape index (κ2) is 6.91. The van der Waals surface area contributed by atoms with Gasteiger partial charge in [-0.25, -0.2) is 37.5 Å². The van der Waals surface area contributed by atoms with E-state index in [9.17, 15) is 17.6 Å². The smallest absolute Gasteiger partial charge is 0.153 e. The summed E-state index contributed by atoms with van der Waals surface area (Å²) in [5.74, 6) is -2.43. The third-order valence-electron chi connectivity index (χ3n) is 5.81. The summed E-state index contributed by atoms with van der Waals surface area (Å²) in [4.78, 5) is 17.0. The first-order valence-electron chi connectivity index (χ1n) is 9.85. The highest BCUT2D eigenvalue weighted by Gasteiger charge is 2.29. The molecular formula is C24H16F4N4. The molecule has 0 amide bonds. The molecule has 0 unspecified atom stereocenters. The fourth-order valence-electron chi connectivity index (χ4n) is 3.73. The molecule has 0 radical (unpaired) electrons. The maximum absolute atomic E-state index is 14.8. The lowest BCUT2D eigenvalue weighted by molar-refractivity contribution is 0.674. The van der Waals surface area contributed by atoms with Gasteiger partial charge in [-0.15, -0.1) is 0 Å². The lowest BCUT2D eigenvalue weighted by Gasteiger charge is -1.96. The topological polar surface area (TPSA) is 49.4 Å². The first-order valence-corrected chi connectivity index (χ1v) is 9.85. The Bertz CT molecular complexity index is 1180. The van der Waals surface area contributed by atoms with E-state index >= 15 is 0 Å². The predicted octanol–water partition coefficient (Wildman–Crippen LogP) is 6.33. The molecule has 32 heavy (non-hydrogen) atoms. The van der Waals surface area contributed by atoms with Crippen molar-refractivity contribution in [3.8, 4) is 0 Å². The number of rotatable bonds is 0. The molecule has 0 saturated carbocycles. The largest absolute Gasteiger partial charge is 0.245 e. The molecule has 8 heteroatoms. The zero-order chi connectivity index (χ0) is 22.9. The lowest BCUT2D eigenvalue weighted by atomic mass is 10.1. The van der Waals surface area contributed by atoms with Gasteiger partial charge < -0.3 is 0 Å². The molecule has 5 heterocycles. The molecule has 0 aromatic rings. The maximum Gasteiger partial charge on any atom is 0.153 e. The van der Waals surface area contributed by atoms with E-state index in [2.05, 4.69) is 20.0 Å². The second-order valence-corrected chi connectivity index (χ2v) is 7.86. The minimum absolute atomic E-state index is 0.0422. The van der Waals surface area contributed by atoms with Crippen molar-refractivity contribution in [3.63, 3.8) is 0 Å². The van der Waals surface area contributed by atoms with Gasteiger partial charge in [0.05, 0.1) is 22.8 Å². The number of hydrogen-bond donors (Lipinski definition) is 0. The van der Waals surface area contributed by atoms with Crippen molar-refractivity contribution in [2.24, 2.45) is 20.0 Å². The van der Waals surface area contributed by atoms with Crippen molar-refractivity contribution in [2.75, 3.05) is 0 Å². The summed E-state index contributed by atoms with van der Waals surface area (Å²) in [5.41, 5.74) is 1.39. The van der Waals surface area contributed by atoms with Gasteiger partial charge in [0.25, 0.3) is 0 Å². The monoisotopic (exact) mass is 436 g/mol. The van der Waals surface area contributed by atoms with Crippen LogP contribution in [-0.4, -0.2) is 22.8 Å². The van der Waals surface area contributed by atoms with E-state index in [1.54, 1.807) is 0 Å². The molecule has 0 atom stereocenters. The van der Waals surface area contributed by atoms with Crippen LogP contribution in [0.15, 0.2) is 113 Å². The Morgan fingerprint density at radius 2 is 0.594 bits per heavy atom. The molecule has 4 nitrogen and oxygen atoms in total. The van der Waals surface area contributed by atoms with Crippen molar-refractivity contribution >= 4 is 22.8 Å². The summed E-state index contributed by atoms with van der Waals surface area (Å²) in [7, 11) is 0. The highest BCUT2D eigenvalue weighted by Crippen LogP contribution is 2.36. The Morgan fingerprint density at radius 1 is 0.406 bits per heavy atom. The van der Waals surface area contributed by atoms with E-state index in [4.69, 9.17) is 0 Å². The summed E-state index contributed by atoms with van der Waals surface area (Å²) < 4.78 is 59.4. The maximum atomic E-state index is 14.8. The first-order chi connectivity index (χ1) is 15.2. The number of fused-ring (bicyclic) bond motifs is 4. The number of aliphatic imine (C=N–C) groups is 4. The molecule has 8 bridgehead atoms. The average molecular weight is 436 g/mol. The zero-order valence-electron chi connectivity index (χ0n) is 17.6. The van der Waals surface area contributed by atoms with Gasteiger partial charge in [0, 0.05) is 22.3 Å². The van der Waals surface area contributed by atoms with Crippen LogP contribution in [0.4, 0.5) is 17.6 Å². The molecule has 0 aromatic heterocycles. The molecule has 0 aromatic carbocycles. The Balaban J connectivity index is 1.79. The fraction of sp³-hybridized carbons (Fsp3) is 0.167. The Labute approximate surface area is 181 Å². The van der Waals surface area contributed by atoms with Gasteiger partial charge in [-0.2, -0.15) is 0 Å². The van der Waals surface area contributed by atoms with Crippen LogP contribution < -0.4 is 0 Å². The molecule has 0 saturated heterocycles. The Kier molecular flexibility index (Phi) is 4.37. The van der Waals surface area contributed by atoms with Gasteiger partial charge in [-0.1, -0.05) is 0 Å². The molecule has 0 N–H and O–H groups in total. The van der Waals surface area contributed by atoms with E-state index in [0.29, 0.717) is 0 Å². The van der Waals surface area contributed by atoms with Crippen molar-refractivity contribution in [2.45, 2.75) is 27.7 Å². The van der Waals surface area contributed by atoms with Gasteiger partial charge in [0.2, 0.25) is 0 Å². The summed E-state index contributed by atoms with van der Waals surface area (Å²) in [6.45, 7) is 6.05. The molecule has 5 aliphatic heterocycles. The van der Waals surface area contributed by atoms with Gasteiger partial charge in [-0.3, -0.25) is 0 Å². The van der Waals surface area contributed by atoms with Gasteiger partial charge in [-0.05, 0) is 52.0 Å². The van der Waals surface area contributed by atoms with E-state index in [1.165, 1.54) is 52.0 Å². The molecule has 160 valence electrons. The Hall–Kier alpha value is -3.68. The van der Waals surface area contributed by atoms with Crippen LogP contribution in [0.5, 0.6) is 0 Å². The average Bonchev–Trinajstić information content (AvgIpc) is 3.37. The normalized spacial score (nSPS) is 22.8. The van der Waals surface area contributed by atoms with E-state index in [1.807, 2.05) is 0 Å². The fourth-order valence-corrected chi connectivity index (χ4v) is 3.73. The second-order valence-electron chi connectivity index (χ2n) is 7.86. The summed E-state index contributed by atoms with van der Waals surface area (Å²) >= 11 is 0. The van der Waals surface area contributed by atoms with E-state index in [0.717, 1.165) is 0 Å². The predicted molar refractivity (Wildman–Crippen MR) is 117 cm³/mol.